The van der Waals surface area contributed by atoms with Crippen molar-refractivity contribution in [3.63, 3.8) is 0 Å². The second kappa shape index (κ2) is 4.64. The zero-order chi connectivity index (χ0) is 11.6. The Labute approximate surface area is 90.6 Å². The molecular weight excluding hydrogens is 194 g/mol. The monoisotopic (exact) mass is 213 g/mol. The molecule has 0 aromatic rings. The third kappa shape index (κ3) is 2.94. The van der Waals surface area contributed by atoms with Crippen molar-refractivity contribution < 1.29 is 14.3 Å². The molecule has 0 aromatic carbocycles. The van der Waals surface area contributed by atoms with E-state index in [2.05, 4.69) is 0 Å². The average Bonchev–Trinajstić information content (AvgIpc) is 1.99. The lowest BCUT2D eigenvalue weighted by molar-refractivity contribution is -0.124. The van der Waals surface area contributed by atoms with E-state index in [9.17, 15) is 9.59 Å². The summed E-state index contributed by atoms with van der Waals surface area (Å²) in [5.41, 5.74) is 0. The maximum Gasteiger partial charge on any atom is 0.410 e. The van der Waals surface area contributed by atoms with Crippen molar-refractivity contribution in [3.8, 4) is 0 Å². The molecule has 1 amide bonds. The van der Waals surface area contributed by atoms with E-state index in [0.717, 1.165) is 0 Å². The van der Waals surface area contributed by atoms with Crippen molar-refractivity contribution in [2.75, 3.05) is 0 Å². The minimum Gasteiger partial charge on any atom is -0.447 e. The molecule has 0 spiro atoms. The van der Waals surface area contributed by atoms with Crippen LogP contribution in [0.4, 0.5) is 4.79 Å². The number of rotatable bonds is 1. The first-order valence-corrected chi connectivity index (χ1v) is 5.42. The van der Waals surface area contributed by atoms with Crippen LogP contribution in [0.15, 0.2) is 0 Å². The van der Waals surface area contributed by atoms with Gasteiger partial charge in [0.15, 0.2) is 0 Å². The maximum absolute atomic E-state index is 11.7. The third-order valence-electron chi connectivity index (χ3n) is 2.54. The number of hydrogen-bond donors (Lipinski definition) is 0. The second-order valence-corrected chi connectivity index (χ2v) is 4.48. The standard InChI is InChI=1S/C11H19NO3/c1-7(2)15-11(14)12-8(3)5-10(13)6-9(12)4/h7-9H,5-6H2,1-4H3/t8-,9-/m0/s1. The zero-order valence-electron chi connectivity index (χ0n) is 9.82. The van der Waals surface area contributed by atoms with Gasteiger partial charge >= 0.3 is 6.09 Å². The number of nitrogens with zero attached hydrogens (tertiary/aromatic N) is 1. The van der Waals surface area contributed by atoms with Crippen LogP contribution in [0.25, 0.3) is 0 Å². The van der Waals surface area contributed by atoms with Crippen LogP contribution < -0.4 is 0 Å². The Balaban J connectivity index is 2.66. The smallest absolute Gasteiger partial charge is 0.410 e. The van der Waals surface area contributed by atoms with E-state index < -0.39 is 0 Å². The van der Waals surface area contributed by atoms with Crippen LogP contribution in [0.3, 0.4) is 0 Å². The highest BCUT2D eigenvalue weighted by molar-refractivity contribution is 5.82. The number of piperidine rings is 1. The van der Waals surface area contributed by atoms with Gasteiger partial charge in [-0.25, -0.2) is 4.79 Å². The highest BCUT2D eigenvalue weighted by Gasteiger charge is 2.34. The molecule has 1 rings (SSSR count). The summed E-state index contributed by atoms with van der Waals surface area (Å²) in [7, 11) is 0. The van der Waals surface area contributed by atoms with Crippen LogP contribution >= 0.6 is 0 Å². The number of ketones is 1. The molecular formula is C11H19NO3. The molecule has 1 saturated heterocycles. The molecule has 1 aliphatic rings. The summed E-state index contributed by atoms with van der Waals surface area (Å²) in [4.78, 5) is 24.7. The Bertz CT molecular complexity index is 249. The minimum absolute atomic E-state index is 0.0486. The highest BCUT2D eigenvalue weighted by Crippen LogP contribution is 2.21. The molecule has 0 aliphatic carbocycles. The fraction of sp³-hybridized carbons (Fsp3) is 0.818. The van der Waals surface area contributed by atoms with Gasteiger partial charge in [0.1, 0.15) is 5.78 Å². The highest BCUT2D eigenvalue weighted by atomic mass is 16.6. The van der Waals surface area contributed by atoms with Crippen molar-refractivity contribution in [3.05, 3.63) is 0 Å². The van der Waals surface area contributed by atoms with Crippen LogP contribution in [0.2, 0.25) is 0 Å². The molecule has 1 aliphatic heterocycles. The van der Waals surface area contributed by atoms with Crippen LogP contribution in [0, 0.1) is 0 Å². The van der Waals surface area contributed by atoms with Gasteiger partial charge in [-0.05, 0) is 27.7 Å². The number of carbonyl (C=O) groups is 2. The summed E-state index contributed by atoms with van der Waals surface area (Å²) in [5, 5.41) is 0. The molecule has 0 radical (unpaired) electrons. The molecule has 0 aromatic heterocycles. The van der Waals surface area contributed by atoms with Crippen LogP contribution in [0.1, 0.15) is 40.5 Å². The molecule has 1 heterocycles. The first kappa shape index (κ1) is 12.0. The molecule has 0 saturated carbocycles. The first-order chi connectivity index (χ1) is 6.91. The molecule has 2 atom stereocenters. The summed E-state index contributed by atoms with van der Waals surface area (Å²) in [5.74, 6) is 0.226. The van der Waals surface area contributed by atoms with Crippen LogP contribution in [0.5, 0.6) is 0 Å². The fourth-order valence-electron chi connectivity index (χ4n) is 2.00. The predicted molar refractivity (Wildman–Crippen MR) is 56.6 cm³/mol. The van der Waals surface area contributed by atoms with E-state index in [1.54, 1.807) is 4.90 Å². The number of hydrogen-bond acceptors (Lipinski definition) is 3. The van der Waals surface area contributed by atoms with E-state index >= 15 is 0 Å². The largest absolute Gasteiger partial charge is 0.447 e. The van der Waals surface area contributed by atoms with Crippen molar-refractivity contribution in [2.45, 2.75) is 58.7 Å². The van der Waals surface area contributed by atoms with Crippen molar-refractivity contribution >= 4 is 11.9 Å². The van der Waals surface area contributed by atoms with Crippen molar-refractivity contribution in [1.29, 1.82) is 0 Å². The van der Waals surface area contributed by atoms with Gasteiger partial charge < -0.3 is 9.64 Å². The normalized spacial score (nSPS) is 27.0. The van der Waals surface area contributed by atoms with Crippen molar-refractivity contribution in [2.24, 2.45) is 0 Å². The third-order valence-corrected chi connectivity index (χ3v) is 2.54. The van der Waals surface area contributed by atoms with Crippen molar-refractivity contribution in [1.82, 2.24) is 4.90 Å². The Kier molecular flexibility index (Phi) is 3.72. The Hall–Kier alpha value is -1.06. The summed E-state index contributed by atoms with van der Waals surface area (Å²) in [6.07, 6.45) is 0.460. The van der Waals surface area contributed by atoms with Gasteiger partial charge in [-0.3, -0.25) is 4.79 Å². The maximum atomic E-state index is 11.7. The number of ether oxygens (including phenoxy) is 1. The SMILES string of the molecule is CC(C)OC(=O)N1[C@@H](C)CC(=O)C[C@@H]1C. The molecule has 0 N–H and O–H groups in total. The topological polar surface area (TPSA) is 46.6 Å². The first-order valence-electron chi connectivity index (χ1n) is 5.42. The van der Waals surface area contributed by atoms with E-state index in [1.165, 1.54) is 0 Å². The van der Waals surface area contributed by atoms with Gasteiger partial charge in [0, 0.05) is 24.9 Å². The fourth-order valence-corrected chi connectivity index (χ4v) is 2.00. The Morgan fingerprint density at radius 1 is 1.33 bits per heavy atom. The lowest BCUT2D eigenvalue weighted by Gasteiger charge is -2.37. The zero-order valence-corrected chi connectivity index (χ0v) is 9.82. The van der Waals surface area contributed by atoms with Crippen LogP contribution in [-0.2, 0) is 9.53 Å². The average molecular weight is 213 g/mol. The van der Waals surface area contributed by atoms with E-state index in [-0.39, 0.29) is 30.1 Å². The number of carbonyl (C=O) groups excluding carboxylic acids is 2. The van der Waals surface area contributed by atoms with Crippen LogP contribution in [-0.4, -0.2) is 35.0 Å². The predicted octanol–water partition coefficient (Wildman–Crippen LogP) is 1.97. The summed E-state index contributed by atoms with van der Waals surface area (Å²) in [6, 6.07) is -0.0972. The molecule has 15 heavy (non-hydrogen) atoms. The van der Waals surface area contributed by atoms with Gasteiger partial charge in [-0.2, -0.15) is 0 Å². The quantitative estimate of drug-likeness (QED) is 0.669. The van der Waals surface area contributed by atoms with E-state index in [0.29, 0.717) is 12.8 Å². The molecule has 4 nitrogen and oxygen atoms in total. The summed E-state index contributed by atoms with van der Waals surface area (Å²) in [6.45, 7) is 7.41. The summed E-state index contributed by atoms with van der Waals surface area (Å²) < 4.78 is 5.14. The Morgan fingerprint density at radius 2 is 1.80 bits per heavy atom. The molecule has 0 bridgehead atoms. The lowest BCUT2D eigenvalue weighted by Crippen LogP contribution is -2.50. The van der Waals surface area contributed by atoms with Gasteiger partial charge in [0.25, 0.3) is 0 Å². The number of amides is 1. The van der Waals surface area contributed by atoms with E-state index in [4.69, 9.17) is 4.74 Å². The van der Waals surface area contributed by atoms with Gasteiger partial charge in [-0.1, -0.05) is 0 Å². The molecule has 1 fully saturated rings. The summed E-state index contributed by atoms with van der Waals surface area (Å²) >= 11 is 0. The number of Topliss-reactive ketones (excluding diaryl/α,β-unsaturated/α-hetero) is 1. The van der Waals surface area contributed by atoms with Gasteiger partial charge in [0.05, 0.1) is 6.10 Å². The molecule has 0 unspecified atom stereocenters. The Morgan fingerprint density at radius 3 is 2.20 bits per heavy atom. The molecule has 4 heteroatoms. The van der Waals surface area contributed by atoms with Gasteiger partial charge in [0.2, 0.25) is 0 Å². The lowest BCUT2D eigenvalue weighted by atomic mass is 9.97. The van der Waals surface area contributed by atoms with E-state index in [1.807, 2.05) is 27.7 Å². The second-order valence-electron chi connectivity index (χ2n) is 4.48. The molecule has 86 valence electrons. The van der Waals surface area contributed by atoms with Gasteiger partial charge in [-0.15, -0.1) is 0 Å². The number of likely N-dealkylation sites (tertiary alicyclic amines) is 1. The minimum atomic E-state index is -0.308.